The maximum Gasteiger partial charge on any atom is 0.261 e. The largest absolute Gasteiger partial charge is 0.311 e. The molecule has 0 atom stereocenters. The van der Waals surface area contributed by atoms with Crippen molar-refractivity contribution < 1.29 is 4.79 Å². The summed E-state index contributed by atoms with van der Waals surface area (Å²) in [4.78, 5) is 31.5. The Morgan fingerprint density at radius 3 is 2.52 bits per heavy atom. The van der Waals surface area contributed by atoms with Crippen molar-refractivity contribution in [1.29, 1.82) is 0 Å². The van der Waals surface area contributed by atoms with Gasteiger partial charge in [0.1, 0.15) is 6.54 Å². The van der Waals surface area contributed by atoms with E-state index >= 15 is 0 Å². The van der Waals surface area contributed by atoms with Crippen LogP contribution in [0.2, 0.25) is 0 Å². The maximum absolute atomic E-state index is 12.8. The van der Waals surface area contributed by atoms with E-state index in [1.54, 1.807) is 11.0 Å². The monoisotopic (exact) mass is 335 g/mol. The zero-order valence-electron chi connectivity index (χ0n) is 14.7. The molecule has 0 bridgehead atoms. The number of anilines is 1. The Labute approximate surface area is 146 Å². The quantitative estimate of drug-likeness (QED) is 0.736. The number of nitrogens with zero attached hydrogens (tertiary/aromatic N) is 3. The number of rotatable bonds is 4. The van der Waals surface area contributed by atoms with Crippen LogP contribution in [-0.2, 0) is 11.3 Å². The summed E-state index contributed by atoms with van der Waals surface area (Å²) in [6, 6.07) is 13.2. The van der Waals surface area contributed by atoms with Gasteiger partial charge in [-0.15, -0.1) is 0 Å². The van der Waals surface area contributed by atoms with E-state index in [-0.39, 0.29) is 18.0 Å². The third-order valence-electron chi connectivity index (χ3n) is 4.38. The van der Waals surface area contributed by atoms with Crippen LogP contribution < -0.4 is 10.5 Å². The first-order valence-corrected chi connectivity index (χ1v) is 8.33. The highest BCUT2D eigenvalue weighted by atomic mass is 16.2. The molecule has 0 fully saturated rings. The fourth-order valence-electron chi connectivity index (χ4n) is 3.03. The lowest BCUT2D eigenvalue weighted by molar-refractivity contribution is -0.119. The Balaban J connectivity index is 1.95. The lowest BCUT2D eigenvalue weighted by atomic mass is 10.1. The molecule has 128 valence electrons. The van der Waals surface area contributed by atoms with Crippen LogP contribution in [-0.4, -0.2) is 22.0 Å². The standard InChI is InChI=1S/C20H21N3O2/c1-4-23(17-11-6-5-8-14(17)2)18(24)12-22-13-21-19-15(3)9-7-10-16(19)20(22)25/h5-11,13H,4,12H2,1-3H3. The second kappa shape index (κ2) is 6.89. The van der Waals surface area contributed by atoms with E-state index in [1.165, 1.54) is 10.9 Å². The molecule has 0 aliphatic rings. The fraction of sp³-hybridized carbons (Fsp3) is 0.250. The SMILES string of the molecule is CCN(C(=O)Cn1cnc2c(C)cccc2c1=O)c1ccccc1C. The summed E-state index contributed by atoms with van der Waals surface area (Å²) >= 11 is 0. The van der Waals surface area contributed by atoms with Gasteiger partial charge in [0.15, 0.2) is 0 Å². The molecule has 2 aromatic carbocycles. The number of aromatic nitrogens is 2. The summed E-state index contributed by atoms with van der Waals surface area (Å²) in [5, 5.41) is 0.536. The number of carbonyl (C=O) groups is 1. The first-order valence-electron chi connectivity index (χ1n) is 8.33. The molecule has 3 rings (SSSR count). The number of aryl methyl sites for hydroxylation is 2. The van der Waals surface area contributed by atoms with E-state index in [0.717, 1.165) is 16.8 Å². The van der Waals surface area contributed by atoms with Crippen molar-refractivity contribution in [3.63, 3.8) is 0 Å². The molecule has 5 nitrogen and oxygen atoms in total. The van der Waals surface area contributed by atoms with Gasteiger partial charge in [-0.05, 0) is 44.0 Å². The van der Waals surface area contributed by atoms with Gasteiger partial charge in [-0.3, -0.25) is 14.2 Å². The van der Waals surface area contributed by atoms with Crippen molar-refractivity contribution in [1.82, 2.24) is 9.55 Å². The van der Waals surface area contributed by atoms with E-state index in [2.05, 4.69) is 4.98 Å². The molecule has 0 aliphatic heterocycles. The molecule has 0 saturated heterocycles. The lowest BCUT2D eigenvalue weighted by Gasteiger charge is -2.23. The molecular weight excluding hydrogens is 314 g/mol. The number of hydrogen-bond donors (Lipinski definition) is 0. The van der Waals surface area contributed by atoms with Crippen molar-refractivity contribution >= 4 is 22.5 Å². The summed E-state index contributed by atoms with van der Waals surface area (Å²) in [6.45, 7) is 6.32. The van der Waals surface area contributed by atoms with Gasteiger partial charge in [-0.1, -0.05) is 30.3 Å². The molecule has 0 aliphatic carbocycles. The maximum atomic E-state index is 12.8. The Morgan fingerprint density at radius 1 is 1.08 bits per heavy atom. The minimum Gasteiger partial charge on any atom is -0.311 e. The molecule has 0 N–H and O–H groups in total. The summed E-state index contributed by atoms with van der Waals surface area (Å²) in [6.07, 6.45) is 1.46. The molecule has 1 amide bonds. The van der Waals surface area contributed by atoms with Gasteiger partial charge in [-0.2, -0.15) is 0 Å². The number of carbonyl (C=O) groups excluding carboxylic acids is 1. The summed E-state index contributed by atoms with van der Waals surface area (Å²) in [5.41, 5.74) is 3.33. The van der Waals surface area contributed by atoms with E-state index in [4.69, 9.17) is 0 Å². The van der Waals surface area contributed by atoms with E-state index in [9.17, 15) is 9.59 Å². The highest BCUT2D eigenvalue weighted by molar-refractivity contribution is 5.94. The van der Waals surface area contributed by atoms with Gasteiger partial charge in [-0.25, -0.2) is 4.98 Å². The summed E-state index contributed by atoms with van der Waals surface area (Å²) in [5.74, 6) is -0.132. The van der Waals surface area contributed by atoms with E-state index in [1.807, 2.05) is 57.2 Å². The minimum absolute atomic E-state index is 0.0299. The predicted octanol–water partition coefficient (Wildman–Crippen LogP) is 3.07. The zero-order valence-corrected chi connectivity index (χ0v) is 14.7. The lowest BCUT2D eigenvalue weighted by Crippen LogP contribution is -2.37. The van der Waals surface area contributed by atoms with Crippen LogP contribution in [0.15, 0.2) is 53.6 Å². The van der Waals surface area contributed by atoms with Crippen LogP contribution in [0.4, 0.5) is 5.69 Å². The predicted molar refractivity (Wildman–Crippen MR) is 99.9 cm³/mol. The smallest absolute Gasteiger partial charge is 0.261 e. The second-order valence-electron chi connectivity index (χ2n) is 6.07. The first-order chi connectivity index (χ1) is 12.0. The molecule has 0 radical (unpaired) electrons. The number of likely N-dealkylation sites (N-methyl/N-ethyl adjacent to an activating group) is 1. The topological polar surface area (TPSA) is 55.2 Å². The number of amides is 1. The number of hydrogen-bond acceptors (Lipinski definition) is 3. The van der Waals surface area contributed by atoms with Gasteiger partial charge in [0.05, 0.1) is 17.2 Å². The normalized spacial score (nSPS) is 10.8. The van der Waals surface area contributed by atoms with Crippen LogP contribution >= 0.6 is 0 Å². The van der Waals surface area contributed by atoms with Crippen LogP contribution in [0.5, 0.6) is 0 Å². The van der Waals surface area contributed by atoms with Crippen molar-refractivity contribution in [3.8, 4) is 0 Å². The molecule has 25 heavy (non-hydrogen) atoms. The minimum atomic E-state index is -0.192. The first kappa shape index (κ1) is 16.9. The average Bonchev–Trinajstić information content (AvgIpc) is 2.60. The molecule has 0 saturated carbocycles. The molecule has 1 heterocycles. The van der Waals surface area contributed by atoms with Crippen molar-refractivity contribution in [2.45, 2.75) is 27.3 Å². The van der Waals surface area contributed by atoms with Crippen molar-refractivity contribution in [2.75, 3.05) is 11.4 Å². The van der Waals surface area contributed by atoms with Crippen LogP contribution in [0, 0.1) is 13.8 Å². The van der Waals surface area contributed by atoms with Crippen LogP contribution in [0.25, 0.3) is 10.9 Å². The molecule has 5 heteroatoms. The van der Waals surface area contributed by atoms with Crippen molar-refractivity contribution in [2.24, 2.45) is 0 Å². The Kier molecular flexibility index (Phi) is 4.65. The van der Waals surface area contributed by atoms with Gasteiger partial charge in [0.25, 0.3) is 5.56 Å². The second-order valence-corrected chi connectivity index (χ2v) is 6.07. The molecule has 0 spiro atoms. The average molecular weight is 335 g/mol. The van der Waals surface area contributed by atoms with Gasteiger partial charge < -0.3 is 4.90 Å². The van der Waals surface area contributed by atoms with Gasteiger partial charge in [0, 0.05) is 12.2 Å². The van der Waals surface area contributed by atoms with Crippen LogP contribution in [0.1, 0.15) is 18.1 Å². The Morgan fingerprint density at radius 2 is 1.80 bits per heavy atom. The van der Waals surface area contributed by atoms with Gasteiger partial charge in [0.2, 0.25) is 5.91 Å². The van der Waals surface area contributed by atoms with Gasteiger partial charge >= 0.3 is 0 Å². The number of para-hydroxylation sites is 2. The highest BCUT2D eigenvalue weighted by Crippen LogP contribution is 2.19. The summed E-state index contributed by atoms with van der Waals surface area (Å²) < 4.78 is 1.38. The fourth-order valence-corrected chi connectivity index (χ4v) is 3.03. The zero-order chi connectivity index (χ0) is 18.0. The molecule has 0 unspecified atom stereocenters. The number of benzene rings is 2. The number of fused-ring (bicyclic) bond motifs is 1. The summed E-state index contributed by atoms with van der Waals surface area (Å²) in [7, 11) is 0. The third-order valence-corrected chi connectivity index (χ3v) is 4.38. The van der Waals surface area contributed by atoms with Crippen LogP contribution in [0.3, 0.4) is 0 Å². The Bertz CT molecular complexity index is 992. The van der Waals surface area contributed by atoms with Crippen molar-refractivity contribution in [3.05, 3.63) is 70.3 Å². The Hall–Kier alpha value is -2.95. The van der Waals surface area contributed by atoms with E-state index < -0.39 is 0 Å². The molecule has 1 aromatic heterocycles. The molecule has 3 aromatic rings. The molecular formula is C20H21N3O2. The highest BCUT2D eigenvalue weighted by Gasteiger charge is 2.17. The van der Waals surface area contributed by atoms with E-state index in [0.29, 0.717) is 17.4 Å². The third kappa shape index (κ3) is 3.18.